The normalized spacial score (nSPS) is 17.2. The SMILES string of the molecule is O=C1NC(CNc2nsc3ccccc23)C(=O)N1c1ccc(I)cc1. The number of rotatable bonds is 4. The first-order valence-corrected chi connectivity index (χ1v) is 9.47. The molecule has 126 valence electrons. The number of halogens is 1. The number of urea groups is 1. The lowest BCUT2D eigenvalue weighted by Crippen LogP contribution is -2.36. The Hall–Kier alpha value is -2.20. The van der Waals surface area contributed by atoms with Crippen molar-refractivity contribution < 1.29 is 9.59 Å². The van der Waals surface area contributed by atoms with Gasteiger partial charge in [-0.2, -0.15) is 4.37 Å². The van der Waals surface area contributed by atoms with Crippen molar-refractivity contribution in [2.75, 3.05) is 16.8 Å². The first-order chi connectivity index (χ1) is 12.1. The van der Waals surface area contributed by atoms with Crippen LogP contribution in [0.1, 0.15) is 0 Å². The Kier molecular flexibility index (Phi) is 4.30. The van der Waals surface area contributed by atoms with Crippen molar-refractivity contribution in [2.24, 2.45) is 0 Å². The standard InChI is InChI=1S/C17H13IN4O2S/c18-10-5-7-11(8-6-10)22-16(23)13(20-17(22)24)9-19-15-12-3-1-2-4-14(12)25-21-15/h1-8,13H,9H2,(H,19,21)(H,20,24). The molecule has 2 heterocycles. The van der Waals surface area contributed by atoms with Crippen LogP contribution in [0.5, 0.6) is 0 Å². The highest BCUT2D eigenvalue weighted by Crippen LogP contribution is 2.26. The van der Waals surface area contributed by atoms with Crippen LogP contribution in [0.2, 0.25) is 0 Å². The summed E-state index contributed by atoms with van der Waals surface area (Å²) in [5.74, 6) is 0.466. The smallest absolute Gasteiger partial charge is 0.329 e. The number of carbonyl (C=O) groups excluding carboxylic acids is 2. The molecule has 0 bridgehead atoms. The van der Waals surface area contributed by atoms with Gasteiger partial charge in [0.15, 0.2) is 0 Å². The first-order valence-electron chi connectivity index (χ1n) is 7.62. The first kappa shape index (κ1) is 16.3. The fourth-order valence-corrected chi connectivity index (χ4v) is 3.83. The van der Waals surface area contributed by atoms with Crippen LogP contribution in [0.15, 0.2) is 48.5 Å². The van der Waals surface area contributed by atoms with Crippen molar-refractivity contribution in [3.63, 3.8) is 0 Å². The molecule has 3 aromatic rings. The Labute approximate surface area is 161 Å². The second-order valence-corrected chi connectivity index (χ2v) is 7.61. The van der Waals surface area contributed by atoms with Gasteiger partial charge in [0.2, 0.25) is 0 Å². The fraction of sp³-hybridized carbons (Fsp3) is 0.118. The van der Waals surface area contributed by atoms with Crippen molar-refractivity contribution >= 4 is 67.7 Å². The molecule has 2 N–H and O–H groups in total. The quantitative estimate of drug-likeness (QED) is 0.459. The summed E-state index contributed by atoms with van der Waals surface area (Å²) >= 11 is 3.58. The van der Waals surface area contributed by atoms with Crippen LogP contribution in [0.4, 0.5) is 16.3 Å². The van der Waals surface area contributed by atoms with Crippen LogP contribution in [0.3, 0.4) is 0 Å². The summed E-state index contributed by atoms with van der Waals surface area (Å²) in [6, 6.07) is 14.1. The van der Waals surface area contributed by atoms with E-state index in [9.17, 15) is 9.59 Å². The largest absolute Gasteiger partial charge is 0.366 e. The van der Waals surface area contributed by atoms with Gasteiger partial charge in [-0.05, 0) is 70.5 Å². The highest BCUT2D eigenvalue weighted by Gasteiger charge is 2.38. The molecule has 0 aliphatic carbocycles. The van der Waals surface area contributed by atoms with E-state index in [4.69, 9.17) is 0 Å². The minimum Gasteiger partial charge on any atom is -0.366 e. The number of hydrogen-bond donors (Lipinski definition) is 2. The van der Waals surface area contributed by atoms with Gasteiger partial charge in [0.05, 0.1) is 10.4 Å². The average molecular weight is 464 g/mol. The maximum Gasteiger partial charge on any atom is 0.329 e. The third-order valence-corrected chi connectivity index (χ3v) is 5.50. The Bertz CT molecular complexity index is 957. The lowest BCUT2D eigenvalue weighted by Gasteiger charge is -2.13. The molecular weight excluding hydrogens is 451 g/mol. The fourth-order valence-electron chi connectivity index (χ4n) is 2.72. The van der Waals surface area contributed by atoms with Crippen molar-refractivity contribution in [1.82, 2.24) is 9.69 Å². The number of carbonyl (C=O) groups is 2. The van der Waals surface area contributed by atoms with Crippen molar-refractivity contribution in [1.29, 1.82) is 0 Å². The number of imide groups is 1. The summed E-state index contributed by atoms with van der Waals surface area (Å²) in [5.41, 5.74) is 0.574. The maximum atomic E-state index is 12.6. The Morgan fingerprint density at radius 1 is 1.16 bits per heavy atom. The van der Waals surface area contributed by atoms with Gasteiger partial charge in [-0.25, -0.2) is 9.69 Å². The van der Waals surface area contributed by atoms with E-state index in [-0.39, 0.29) is 5.91 Å². The monoisotopic (exact) mass is 464 g/mol. The molecule has 1 aromatic heterocycles. The molecule has 25 heavy (non-hydrogen) atoms. The van der Waals surface area contributed by atoms with Crippen LogP contribution in [0, 0.1) is 3.57 Å². The summed E-state index contributed by atoms with van der Waals surface area (Å²) in [7, 11) is 0. The molecule has 6 nitrogen and oxygen atoms in total. The van der Waals surface area contributed by atoms with Gasteiger partial charge in [-0.1, -0.05) is 12.1 Å². The number of nitrogens with one attached hydrogen (secondary N) is 2. The second kappa shape index (κ2) is 6.60. The predicted octanol–water partition coefficient (Wildman–Crippen LogP) is 3.44. The second-order valence-electron chi connectivity index (χ2n) is 5.56. The van der Waals surface area contributed by atoms with Crippen molar-refractivity contribution in [3.05, 3.63) is 52.1 Å². The molecule has 1 unspecified atom stereocenters. The Morgan fingerprint density at radius 3 is 2.72 bits per heavy atom. The van der Waals surface area contributed by atoms with E-state index in [1.807, 2.05) is 36.4 Å². The van der Waals surface area contributed by atoms with Gasteiger partial charge in [-0.15, -0.1) is 0 Å². The van der Waals surface area contributed by atoms with E-state index in [1.165, 1.54) is 16.4 Å². The lowest BCUT2D eigenvalue weighted by atomic mass is 10.2. The van der Waals surface area contributed by atoms with Gasteiger partial charge in [-0.3, -0.25) is 4.79 Å². The highest BCUT2D eigenvalue weighted by atomic mass is 127. The molecule has 1 saturated heterocycles. The van der Waals surface area contributed by atoms with Crippen LogP contribution in [0.25, 0.3) is 10.1 Å². The molecule has 1 aliphatic rings. The Morgan fingerprint density at radius 2 is 1.92 bits per heavy atom. The van der Waals surface area contributed by atoms with E-state index in [1.54, 1.807) is 12.1 Å². The van der Waals surface area contributed by atoms with Gasteiger partial charge < -0.3 is 10.6 Å². The third-order valence-electron chi connectivity index (χ3n) is 3.96. The number of amides is 3. The number of aromatic nitrogens is 1. The molecule has 1 atom stereocenters. The summed E-state index contributed by atoms with van der Waals surface area (Å²) in [6.45, 7) is 0.291. The molecule has 3 amide bonds. The molecule has 0 spiro atoms. The third kappa shape index (κ3) is 3.07. The van der Waals surface area contributed by atoms with E-state index in [2.05, 4.69) is 37.6 Å². The summed E-state index contributed by atoms with van der Waals surface area (Å²) < 4.78 is 6.50. The van der Waals surface area contributed by atoms with Gasteiger partial charge in [0, 0.05) is 15.5 Å². The molecule has 2 aromatic carbocycles. The minimum absolute atomic E-state index is 0.266. The van der Waals surface area contributed by atoms with Crippen LogP contribution >= 0.6 is 34.1 Å². The van der Waals surface area contributed by atoms with E-state index in [0.29, 0.717) is 12.2 Å². The molecular formula is C17H13IN4O2S. The summed E-state index contributed by atoms with van der Waals surface area (Å²) in [5, 5.41) is 6.92. The molecule has 0 radical (unpaired) electrons. The van der Waals surface area contributed by atoms with Crippen molar-refractivity contribution in [2.45, 2.75) is 6.04 Å². The molecule has 1 fully saturated rings. The van der Waals surface area contributed by atoms with E-state index < -0.39 is 12.1 Å². The number of fused-ring (bicyclic) bond motifs is 1. The highest BCUT2D eigenvalue weighted by molar-refractivity contribution is 14.1. The minimum atomic E-state index is -0.618. The Balaban J connectivity index is 1.49. The zero-order chi connectivity index (χ0) is 17.4. The lowest BCUT2D eigenvalue weighted by molar-refractivity contribution is -0.118. The number of hydrogen-bond acceptors (Lipinski definition) is 5. The average Bonchev–Trinajstić information content (AvgIpc) is 3.15. The van der Waals surface area contributed by atoms with Crippen LogP contribution in [-0.4, -0.2) is 28.9 Å². The van der Waals surface area contributed by atoms with Crippen molar-refractivity contribution in [3.8, 4) is 0 Å². The van der Waals surface area contributed by atoms with Gasteiger partial charge in [0.1, 0.15) is 11.9 Å². The topological polar surface area (TPSA) is 74.3 Å². The summed E-state index contributed by atoms with van der Waals surface area (Å²) in [4.78, 5) is 26.0. The molecule has 0 saturated carbocycles. The van der Waals surface area contributed by atoms with E-state index >= 15 is 0 Å². The van der Waals surface area contributed by atoms with Crippen LogP contribution in [-0.2, 0) is 4.79 Å². The van der Waals surface area contributed by atoms with Crippen LogP contribution < -0.4 is 15.5 Å². The zero-order valence-corrected chi connectivity index (χ0v) is 15.9. The number of anilines is 2. The zero-order valence-electron chi connectivity index (χ0n) is 12.9. The van der Waals surface area contributed by atoms with Gasteiger partial charge >= 0.3 is 6.03 Å². The maximum absolute atomic E-state index is 12.6. The molecule has 8 heteroatoms. The summed E-state index contributed by atoms with van der Waals surface area (Å²) in [6.07, 6.45) is 0. The van der Waals surface area contributed by atoms with E-state index in [0.717, 1.165) is 19.5 Å². The number of nitrogens with zero attached hydrogens (tertiary/aromatic N) is 2. The molecule has 1 aliphatic heterocycles. The molecule has 4 rings (SSSR count). The predicted molar refractivity (Wildman–Crippen MR) is 107 cm³/mol. The van der Waals surface area contributed by atoms with Gasteiger partial charge in [0.25, 0.3) is 5.91 Å². The number of benzene rings is 2.